The van der Waals surface area contributed by atoms with Crippen molar-refractivity contribution in [3.8, 4) is 0 Å². The molecule has 314 valence electrons. The first-order valence-corrected chi connectivity index (χ1v) is 23.4. The van der Waals surface area contributed by atoms with E-state index >= 15 is 0 Å². The molecule has 0 spiro atoms. The number of hydrogen-bond donors (Lipinski definition) is 1. The van der Waals surface area contributed by atoms with E-state index in [-0.39, 0.29) is 39.5 Å². The molecular formula is C47H102Br2N2. The van der Waals surface area contributed by atoms with Crippen molar-refractivity contribution in [2.45, 2.75) is 278 Å². The SMILES string of the molecule is Br.CCCCCCCCC(N)(CCCCCCCC)CCCCCCCC.CCCCCCCCCC[N+](C)(C)CCCCCCCCCC.[Br-]. The van der Waals surface area contributed by atoms with E-state index in [9.17, 15) is 0 Å². The molecule has 0 aromatic rings. The average Bonchev–Trinajstić information content (AvgIpc) is 3.08. The van der Waals surface area contributed by atoms with Crippen LogP contribution in [0, 0.1) is 0 Å². The lowest BCUT2D eigenvalue weighted by molar-refractivity contribution is -0.890. The normalized spacial score (nSPS) is 11.5. The van der Waals surface area contributed by atoms with Crippen LogP contribution in [0.3, 0.4) is 0 Å². The highest BCUT2D eigenvalue weighted by molar-refractivity contribution is 8.93. The Hall–Kier alpha value is 0.880. The molecule has 0 aliphatic heterocycles. The second kappa shape index (κ2) is 47.0. The summed E-state index contributed by atoms with van der Waals surface area (Å²) in [5, 5.41) is 0. The molecular weight excluding hydrogens is 752 g/mol. The van der Waals surface area contributed by atoms with Crippen molar-refractivity contribution < 1.29 is 21.5 Å². The van der Waals surface area contributed by atoms with E-state index in [2.05, 4.69) is 48.7 Å². The summed E-state index contributed by atoms with van der Waals surface area (Å²) >= 11 is 0. The van der Waals surface area contributed by atoms with Crippen LogP contribution in [0.15, 0.2) is 0 Å². The number of rotatable bonds is 39. The van der Waals surface area contributed by atoms with Crippen LogP contribution in [-0.2, 0) is 0 Å². The van der Waals surface area contributed by atoms with E-state index in [0.29, 0.717) is 0 Å². The molecule has 0 radical (unpaired) electrons. The van der Waals surface area contributed by atoms with E-state index in [0.717, 1.165) is 0 Å². The molecule has 0 aliphatic rings. The minimum Gasteiger partial charge on any atom is -1.00 e. The van der Waals surface area contributed by atoms with Crippen molar-refractivity contribution in [1.29, 1.82) is 0 Å². The largest absolute Gasteiger partial charge is 1.00 e. The third kappa shape index (κ3) is 48.9. The molecule has 2 N–H and O–H groups in total. The fraction of sp³-hybridized carbons (Fsp3) is 1.00. The summed E-state index contributed by atoms with van der Waals surface area (Å²) in [5.74, 6) is 0. The quantitative estimate of drug-likeness (QED) is 0.0484. The van der Waals surface area contributed by atoms with Crippen molar-refractivity contribution in [2.75, 3.05) is 27.2 Å². The molecule has 51 heavy (non-hydrogen) atoms. The van der Waals surface area contributed by atoms with Gasteiger partial charge in [-0.1, -0.05) is 227 Å². The Morgan fingerprint density at radius 3 is 0.706 bits per heavy atom. The third-order valence-electron chi connectivity index (χ3n) is 11.3. The third-order valence-corrected chi connectivity index (χ3v) is 11.3. The van der Waals surface area contributed by atoms with Gasteiger partial charge in [0.15, 0.2) is 0 Å². The maximum atomic E-state index is 6.92. The standard InChI is InChI=1S/C25H53N.C22H48N.2BrH/c1-4-7-10-13-16-19-22-25(26,23-20-17-14-11-8-5-2)24-21-18-15-12-9-6-3;1-5-7-9-11-13-15-17-19-21-23(3,4)22-20-18-16-14-12-10-8-6-2;;/h4-24,26H2,1-3H3;5-22H2,1-4H3;2*1H/q;+1;;/p-1. The zero-order valence-corrected chi connectivity index (χ0v) is 40.2. The second-order valence-electron chi connectivity index (χ2n) is 17.2. The summed E-state index contributed by atoms with van der Waals surface area (Å²) in [6, 6.07) is 0. The molecule has 4 heteroatoms. The Kier molecular flexibility index (Phi) is 54.0. The topological polar surface area (TPSA) is 26.0 Å². The number of quaternary nitrogens is 1. The summed E-state index contributed by atoms with van der Waals surface area (Å²) in [6.45, 7) is 14.2. The summed E-state index contributed by atoms with van der Waals surface area (Å²) in [5.41, 5.74) is 7.06. The number of unbranched alkanes of at least 4 members (excludes halogenated alkanes) is 29. The van der Waals surface area contributed by atoms with Gasteiger partial charge in [-0.2, -0.15) is 0 Å². The minimum absolute atomic E-state index is 0. The number of hydrogen-bond acceptors (Lipinski definition) is 1. The average molecular weight is 855 g/mol. The maximum Gasteiger partial charge on any atom is 0.0782 e. The van der Waals surface area contributed by atoms with Crippen LogP contribution >= 0.6 is 17.0 Å². The van der Waals surface area contributed by atoms with Crippen molar-refractivity contribution in [1.82, 2.24) is 0 Å². The fourth-order valence-corrected chi connectivity index (χ4v) is 7.61. The van der Waals surface area contributed by atoms with Gasteiger partial charge in [-0.25, -0.2) is 0 Å². The Balaban J connectivity index is -0.000000420. The molecule has 0 amide bonds. The van der Waals surface area contributed by atoms with Gasteiger partial charge < -0.3 is 27.2 Å². The molecule has 0 aliphatic carbocycles. The van der Waals surface area contributed by atoms with E-state index in [1.807, 2.05) is 0 Å². The maximum absolute atomic E-state index is 6.92. The highest BCUT2D eigenvalue weighted by Crippen LogP contribution is 2.27. The molecule has 0 heterocycles. The molecule has 0 rings (SSSR count). The van der Waals surface area contributed by atoms with Gasteiger partial charge in [0, 0.05) is 5.54 Å². The van der Waals surface area contributed by atoms with Crippen molar-refractivity contribution in [3.63, 3.8) is 0 Å². The molecule has 0 fully saturated rings. The lowest BCUT2D eigenvalue weighted by atomic mass is 9.82. The lowest BCUT2D eigenvalue weighted by Crippen LogP contribution is -3.00. The van der Waals surface area contributed by atoms with Crippen LogP contribution in [0.1, 0.15) is 272 Å². The van der Waals surface area contributed by atoms with Crippen LogP contribution in [0.25, 0.3) is 0 Å². The molecule has 0 aromatic heterocycles. The molecule has 0 atom stereocenters. The van der Waals surface area contributed by atoms with E-state index in [1.54, 1.807) is 0 Å². The van der Waals surface area contributed by atoms with E-state index < -0.39 is 0 Å². The fourth-order valence-electron chi connectivity index (χ4n) is 7.61. The monoisotopic (exact) mass is 853 g/mol. The predicted molar refractivity (Wildman–Crippen MR) is 238 cm³/mol. The molecule has 0 aromatic carbocycles. The van der Waals surface area contributed by atoms with Crippen molar-refractivity contribution in [3.05, 3.63) is 0 Å². The lowest BCUT2D eigenvalue weighted by Gasteiger charge is -2.30. The van der Waals surface area contributed by atoms with Crippen molar-refractivity contribution >= 4 is 17.0 Å². The minimum atomic E-state index is 0. The zero-order valence-electron chi connectivity index (χ0n) is 36.9. The number of halogens is 2. The highest BCUT2D eigenvalue weighted by atomic mass is 79.9. The van der Waals surface area contributed by atoms with Gasteiger partial charge in [-0.3, -0.25) is 0 Å². The van der Waals surface area contributed by atoms with Gasteiger partial charge in [0.05, 0.1) is 27.2 Å². The van der Waals surface area contributed by atoms with Gasteiger partial charge in [0.2, 0.25) is 0 Å². The molecule has 2 nitrogen and oxygen atoms in total. The van der Waals surface area contributed by atoms with Gasteiger partial charge in [0.25, 0.3) is 0 Å². The molecule has 0 saturated heterocycles. The first kappa shape index (κ1) is 58.6. The van der Waals surface area contributed by atoms with Crippen LogP contribution in [0.2, 0.25) is 0 Å². The summed E-state index contributed by atoms with van der Waals surface area (Å²) in [7, 11) is 4.87. The van der Waals surface area contributed by atoms with Gasteiger partial charge in [0.1, 0.15) is 0 Å². The van der Waals surface area contributed by atoms with Crippen LogP contribution < -0.4 is 22.7 Å². The highest BCUT2D eigenvalue weighted by Gasteiger charge is 2.23. The Morgan fingerprint density at radius 2 is 0.490 bits per heavy atom. The first-order valence-electron chi connectivity index (χ1n) is 23.4. The second-order valence-corrected chi connectivity index (χ2v) is 17.2. The van der Waals surface area contributed by atoms with E-state index in [4.69, 9.17) is 5.73 Å². The number of nitrogens with zero attached hydrogens (tertiary/aromatic N) is 1. The van der Waals surface area contributed by atoms with E-state index in [1.165, 1.54) is 255 Å². The van der Waals surface area contributed by atoms with Crippen LogP contribution in [0.5, 0.6) is 0 Å². The zero-order chi connectivity index (χ0) is 36.6. The predicted octanol–water partition coefficient (Wildman–Crippen LogP) is 13.9. The Morgan fingerprint density at radius 1 is 0.314 bits per heavy atom. The summed E-state index contributed by atoms with van der Waals surface area (Å²) in [6.07, 6.45) is 51.8. The number of nitrogens with two attached hydrogens (primary N) is 1. The summed E-state index contributed by atoms with van der Waals surface area (Å²) < 4.78 is 1.24. The first-order chi connectivity index (χ1) is 23.8. The molecule has 0 bridgehead atoms. The molecule has 0 saturated carbocycles. The van der Waals surface area contributed by atoms with Gasteiger partial charge in [-0.05, 0) is 44.9 Å². The summed E-state index contributed by atoms with van der Waals surface area (Å²) in [4.78, 5) is 0. The van der Waals surface area contributed by atoms with Gasteiger partial charge >= 0.3 is 0 Å². The van der Waals surface area contributed by atoms with Gasteiger partial charge in [-0.15, -0.1) is 17.0 Å². The van der Waals surface area contributed by atoms with Crippen molar-refractivity contribution in [2.24, 2.45) is 5.73 Å². The van der Waals surface area contributed by atoms with Crippen LogP contribution in [-0.4, -0.2) is 37.2 Å². The Labute approximate surface area is 347 Å². The smallest absolute Gasteiger partial charge is 0.0782 e. The van der Waals surface area contributed by atoms with Crippen LogP contribution in [0.4, 0.5) is 0 Å². The Bertz CT molecular complexity index is 534. The molecule has 0 unspecified atom stereocenters.